The van der Waals surface area contributed by atoms with Crippen molar-refractivity contribution in [2.24, 2.45) is 0 Å². The van der Waals surface area contributed by atoms with Crippen LogP contribution in [0.3, 0.4) is 0 Å². The van der Waals surface area contributed by atoms with E-state index >= 15 is 0 Å². The number of pyridine rings is 1. The standard InChI is InChI=1S/C9H7N3O2/c1-5-7-3-6(4-10)8(13-2)11-9(7)14-12-5/h3H,1-2H3. The fourth-order valence-electron chi connectivity index (χ4n) is 1.21. The van der Waals surface area contributed by atoms with E-state index in [1.54, 1.807) is 13.0 Å². The molecule has 0 bridgehead atoms. The van der Waals surface area contributed by atoms with Gasteiger partial charge in [-0.05, 0) is 13.0 Å². The number of rotatable bonds is 1. The Morgan fingerprint density at radius 1 is 1.57 bits per heavy atom. The Hall–Kier alpha value is -2.09. The molecule has 0 unspecified atom stereocenters. The van der Waals surface area contributed by atoms with Gasteiger partial charge in [0.15, 0.2) is 0 Å². The first-order valence-electron chi connectivity index (χ1n) is 3.97. The Kier molecular flexibility index (Phi) is 1.82. The average Bonchev–Trinajstić information content (AvgIpc) is 2.58. The number of hydrogen-bond acceptors (Lipinski definition) is 5. The van der Waals surface area contributed by atoms with Crippen molar-refractivity contribution in [1.82, 2.24) is 10.1 Å². The van der Waals surface area contributed by atoms with Gasteiger partial charge in [-0.3, -0.25) is 0 Å². The summed E-state index contributed by atoms with van der Waals surface area (Å²) in [6.07, 6.45) is 0. The summed E-state index contributed by atoms with van der Waals surface area (Å²) in [7, 11) is 1.46. The predicted molar refractivity (Wildman–Crippen MR) is 47.8 cm³/mol. The predicted octanol–water partition coefficient (Wildman–Crippen LogP) is 1.41. The minimum absolute atomic E-state index is 0.260. The molecule has 0 spiro atoms. The molecule has 0 amide bonds. The molecule has 0 aromatic carbocycles. The van der Waals surface area contributed by atoms with Gasteiger partial charge in [0.2, 0.25) is 5.88 Å². The summed E-state index contributed by atoms with van der Waals surface area (Å²) in [5, 5.41) is 13.3. The van der Waals surface area contributed by atoms with Gasteiger partial charge in [0.1, 0.15) is 11.6 Å². The monoisotopic (exact) mass is 189 g/mol. The highest BCUT2D eigenvalue weighted by atomic mass is 16.5. The van der Waals surface area contributed by atoms with Crippen molar-refractivity contribution in [3.8, 4) is 11.9 Å². The minimum Gasteiger partial charge on any atom is -0.480 e. The molecule has 5 heteroatoms. The van der Waals surface area contributed by atoms with Crippen LogP contribution in [0.5, 0.6) is 5.88 Å². The van der Waals surface area contributed by atoms with Crippen LogP contribution >= 0.6 is 0 Å². The average molecular weight is 189 g/mol. The number of ether oxygens (including phenoxy) is 1. The van der Waals surface area contributed by atoms with Crippen molar-refractivity contribution in [2.75, 3.05) is 7.11 Å². The molecule has 0 saturated heterocycles. The number of fused-ring (bicyclic) bond motifs is 1. The molecule has 0 atom stereocenters. The summed E-state index contributed by atoms with van der Waals surface area (Å²) in [6, 6.07) is 3.66. The highest BCUT2D eigenvalue weighted by Crippen LogP contribution is 2.23. The fourth-order valence-corrected chi connectivity index (χ4v) is 1.21. The molecule has 2 aromatic heterocycles. The molecule has 5 nitrogen and oxygen atoms in total. The van der Waals surface area contributed by atoms with Gasteiger partial charge in [-0.25, -0.2) is 0 Å². The molecular formula is C9H7N3O2. The highest BCUT2D eigenvalue weighted by molar-refractivity contribution is 5.78. The topological polar surface area (TPSA) is 71.9 Å². The van der Waals surface area contributed by atoms with Crippen LogP contribution in [0.4, 0.5) is 0 Å². The molecule has 2 aromatic rings. The number of hydrogen-bond donors (Lipinski definition) is 0. The third-order valence-electron chi connectivity index (χ3n) is 1.93. The normalized spacial score (nSPS) is 10.1. The fraction of sp³-hybridized carbons (Fsp3) is 0.222. The lowest BCUT2D eigenvalue weighted by Gasteiger charge is -1.99. The summed E-state index contributed by atoms with van der Waals surface area (Å²) in [5.74, 6) is 0.260. The molecule has 0 aliphatic carbocycles. The largest absolute Gasteiger partial charge is 0.480 e. The molecule has 2 heterocycles. The second-order valence-electron chi connectivity index (χ2n) is 2.78. The summed E-state index contributed by atoms with van der Waals surface area (Å²) in [4.78, 5) is 4.01. The molecule has 0 saturated carbocycles. The van der Waals surface area contributed by atoms with Gasteiger partial charge in [-0.1, -0.05) is 5.16 Å². The van der Waals surface area contributed by atoms with Gasteiger partial charge in [0, 0.05) is 0 Å². The van der Waals surface area contributed by atoms with E-state index in [-0.39, 0.29) is 5.88 Å². The van der Waals surface area contributed by atoms with Gasteiger partial charge in [0.05, 0.1) is 18.2 Å². The van der Waals surface area contributed by atoms with E-state index in [4.69, 9.17) is 14.5 Å². The van der Waals surface area contributed by atoms with E-state index in [1.165, 1.54) is 7.11 Å². The first-order chi connectivity index (χ1) is 6.76. The van der Waals surface area contributed by atoms with E-state index in [9.17, 15) is 0 Å². The summed E-state index contributed by atoms with van der Waals surface area (Å²) >= 11 is 0. The number of methoxy groups -OCH3 is 1. The first-order valence-corrected chi connectivity index (χ1v) is 3.97. The van der Waals surface area contributed by atoms with Gasteiger partial charge in [0.25, 0.3) is 5.71 Å². The number of nitrogens with zero attached hydrogens (tertiary/aromatic N) is 3. The maximum absolute atomic E-state index is 8.82. The van der Waals surface area contributed by atoms with Crippen LogP contribution in [-0.2, 0) is 0 Å². The van der Waals surface area contributed by atoms with Crippen LogP contribution in [0.2, 0.25) is 0 Å². The van der Waals surface area contributed by atoms with Gasteiger partial charge < -0.3 is 9.26 Å². The van der Waals surface area contributed by atoms with E-state index < -0.39 is 0 Å². The zero-order chi connectivity index (χ0) is 10.1. The van der Waals surface area contributed by atoms with Crippen molar-refractivity contribution in [3.63, 3.8) is 0 Å². The maximum Gasteiger partial charge on any atom is 0.261 e. The van der Waals surface area contributed by atoms with Crippen LogP contribution in [0.1, 0.15) is 11.3 Å². The smallest absolute Gasteiger partial charge is 0.261 e. The quantitative estimate of drug-likeness (QED) is 0.678. The van der Waals surface area contributed by atoms with Crippen LogP contribution < -0.4 is 4.74 Å². The molecule has 14 heavy (non-hydrogen) atoms. The Labute approximate surface area is 79.9 Å². The third kappa shape index (κ3) is 1.09. The van der Waals surface area contributed by atoms with Gasteiger partial charge in [-0.15, -0.1) is 0 Å². The van der Waals surface area contributed by atoms with Crippen LogP contribution in [0, 0.1) is 18.3 Å². The Balaban J connectivity index is 2.79. The molecule has 0 fully saturated rings. The molecular weight excluding hydrogens is 182 g/mol. The Bertz CT molecular complexity index is 525. The Morgan fingerprint density at radius 2 is 2.36 bits per heavy atom. The van der Waals surface area contributed by atoms with Crippen molar-refractivity contribution < 1.29 is 9.26 Å². The Morgan fingerprint density at radius 3 is 3.00 bits per heavy atom. The van der Waals surface area contributed by atoms with E-state index in [0.717, 1.165) is 5.39 Å². The molecule has 2 rings (SSSR count). The zero-order valence-corrected chi connectivity index (χ0v) is 7.74. The molecule has 0 radical (unpaired) electrons. The first kappa shape index (κ1) is 8.51. The van der Waals surface area contributed by atoms with Crippen molar-refractivity contribution in [2.45, 2.75) is 6.92 Å². The number of aryl methyl sites for hydroxylation is 1. The van der Waals surface area contributed by atoms with Crippen LogP contribution in [0.25, 0.3) is 11.1 Å². The second-order valence-corrected chi connectivity index (χ2v) is 2.78. The SMILES string of the molecule is COc1nc2onc(C)c2cc1C#N. The van der Waals surface area contributed by atoms with Crippen LogP contribution in [0.15, 0.2) is 10.6 Å². The lowest BCUT2D eigenvalue weighted by Crippen LogP contribution is -1.91. The molecule has 0 aliphatic rings. The maximum atomic E-state index is 8.82. The minimum atomic E-state index is 0.260. The summed E-state index contributed by atoms with van der Waals surface area (Å²) < 4.78 is 9.87. The van der Waals surface area contributed by atoms with E-state index in [2.05, 4.69) is 10.1 Å². The lowest BCUT2D eigenvalue weighted by atomic mass is 10.2. The van der Waals surface area contributed by atoms with E-state index in [0.29, 0.717) is 17.0 Å². The molecule has 0 aliphatic heterocycles. The third-order valence-corrected chi connectivity index (χ3v) is 1.93. The number of nitriles is 1. The van der Waals surface area contributed by atoms with Gasteiger partial charge in [-0.2, -0.15) is 10.2 Å². The molecule has 0 N–H and O–H groups in total. The van der Waals surface area contributed by atoms with Crippen molar-refractivity contribution >= 4 is 11.1 Å². The van der Waals surface area contributed by atoms with Crippen molar-refractivity contribution in [1.29, 1.82) is 5.26 Å². The van der Waals surface area contributed by atoms with Crippen molar-refractivity contribution in [3.05, 3.63) is 17.3 Å². The summed E-state index contributed by atoms with van der Waals surface area (Å²) in [6.45, 7) is 1.79. The molecule has 70 valence electrons. The summed E-state index contributed by atoms with van der Waals surface area (Å²) in [5.41, 5.74) is 1.48. The van der Waals surface area contributed by atoms with E-state index in [1.807, 2.05) is 6.07 Å². The van der Waals surface area contributed by atoms with Gasteiger partial charge >= 0.3 is 0 Å². The highest BCUT2D eigenvalue weighted by Gasteiger charge is 2.11. The number of aromatic nitrogens is 2. The van der Waals surface area contributed by atoms with Crippen LogP contribution in [-0.4, -0.2) is 17.3 Å². The lowest BCUT2D eigenvalue weighted by molar-refractivity contribution is 0.389. The second kappa shape index (κ2) is 3.00. The zero-order valence-electron chi connectivity index (χ0n) is 7.74.